The van der Waals surface area contributed by atoms with Crippen LogP contribution in [0.5, 0.6) is 0 Å². The summed E-state index contributed by atoms with van der Waals surface area (Å²) in [5.74, 6) is 0.128. The second kappa shape index (κ2) is 9.41. The van der Waals surface area contributed by atoms with E-state index in [0.29, 0.717) is 35.4 Å². The fourth-order valence-corrected chi connectivity index (χ4v) is 5.17. The number of amides is 2. The molecule has 2 heterocycles. The minimum Gasteiger partial charge on any atom is -0.455 e. The van der Waals surface area contributed by atoms with Crippen LogP contribution in [0, 0.1) is 12.7 Å². The van der Waals surface area contributed by atoms with Crippen molar-refractivity contribution in [2.24, 2.45) is 5.10 Å². The number of nitrogens with one attached hydrogen (secondary N) is 1. The van der Waals surface area contributed by atoms with E-state index in [2.05, 4.69) is 26.5 Å². The van der Waals surface area contributed by atoms with Crippen LogP contribution >= 0.6 is 15.9 Å². The maximum atomic E-state index is 13.8. The molecule has 2 amide bonds. The minimum atomic E-state index is -0.305. The number of fused-ring (bicyclic) bond motifs is 2. The van der Waals surface area contributed by atoms with Gasteiger partial charge < -0.3 is 9.32 Å². The number of halogens is 2. The summed E-state index contributed by atoms with van der Waals surface area (Å²) >= 11 is 3.36. The summed E-state index contributed by atoms with van der Waals surface area (Å²) in [6.45, 7) is 3.85. The normalized spacial score (nSPS) is 18.2. The number of hydrazone groups is 1. The Labute approximate surface area is 211 Å². The minimum absolute atomic E-state index is 0.0414. The zero-order chi connectivity index (χ0) is 24.7. The number of hydrogen-bond donors (Lipinski definition) is 1. The summed E-state index contributed by atoms with van der Waals surface area (Å²) in [4.78, 5) is 28.0. The Morgan fingerprint density at radius 1 is 1.14 bits per heavy atom. The molecule has 2 aliphatic rings. The van der Waals surface area contributed by atoms with Crippen LogP contribution in [0.3, 0.4) is 0 Å². The molecule has 0 radical (unpaired) electrons. The van der Waals surface area contributed by atoms with Gasteiger partial charge in [-0.25, -0.2) is 9.82 Å². The fourth-order valence-electron chi connectivity index (χ4n) is 4.91. The van der Waals surface area contributed by atoms with Crippen molar-refractivity contribution in [3.8, 4) is 0 Å². The van der Waals surface area contributed by atoms with Crippen molar-refractivity contribution in [2.45, 2.75) is 52.0 Å². The van der Waals surface area contributed by atoms with E-state index in [1.165, 1.54) is 12.1 Å². The molecule has 1 aliphatic heterocycles. The molecule has 1 aromatic heterocycles. The summed E-state index contributed by atoms with van der Waals surface area (Å²) < 4.78 is 20.8. The van der Waals surface area contributed by atoms with Crippen molar-refractivity contribution in [1.82, 2.24) is 5.43 Å². The molecule has 1 N–H and O–H groups in total. The highest BCUT2D eigenvalue weighted by Gasteiger charge is 2.35. The average Bonchev–Trinajstić information content (AvgIpc) is 3.19. The first-order valence-corrected chi connectivity index (χ1v) is 12.5. The van der Waals surface area contributed by atoms with Crippen LogP contribution in [0.15, 0.2) is 56.5 Å². The van der Waals surface area contributed by atoms with Gasteiger partial charge in [0.15, 0.2) is 5.76 Å². The zero-order valence-corrected chi connectivity index (χ0v) is 21.1. The van der Waals surface area contributed by atoms with E-state index < -0.39 is 0 Å². The molecule has 1 aliphatic carbocycles. The van der Waals surface area contributed by atoms with Gasteiger partial charge in [-0.15, -0.1) is 0 Å². The van der Waals surface area contributed by atoms with Crippen molar-refractivity contribution < 1.29 is 18.4 Å². The summed E-state index contributed by atoms with van der Waals surface area (Å²) in [7, 11) is 0. The molecule has 1 atom stereocenters. The average molecular weight is 538 g/mol. The van der Waals surface area contributed by atoms with Crippen LogP contribution in [0.25, 0.3) is 0 Å². The van der Waals surface area contributed by atoms with E-state index in [4.69, 9.17) is 4.42 Å². The molecule has 0 spiro atoms. The van der Waals surface area contributed by atoms with E-state index in [1.807, 2.05) is 13.8 Å². The first-order chi connectivity index (χ1) is 16.8. The lowest BCUT2D eigenvalue weighted by molar-refractivity contribution is 0.0941. The Morgan fingerprint density at radius 3 is 2.69 bits per heavy atom. The van der Waals surface area contributed by atoms with Crippen molar-refractivity contribution >= 4 is 39.1 Å². The van der Waals surface area contributed by atoms with Crippen LogP contribution in [-0.2, 0) is 12.8 Å². The second-order valence-electron chi connectivity index (χ2n) is 9.05. The number of anilines is 1. The van der Waals surface area contributed by atoms with Crippen molar-refractivity contribution in [3.63, 3.8) is 0 Å². The number of carbonyl (C=O) groups is 2. The van der Waals surface area contributed by atoms with Crippen molar-refractivity contribution in [2.75, 3.05) is 4.90 Å². The highest BCUT2D eigenvalue weighted by molar-refractivity contribution is 9.10. The van der Waals surface area contributed by atoms with Gasteiger partial charge in [-0.3, -0.25) is 9.59 Å². The number of nitrogens with zero attached hydrogens (tertiary/aromatic N) is 2. The molecular weight excluding hydrogens is 513 g/mol. The van der Waals surface area contributed by atoms with Crippen LogP contribution < -0.4 is 10.3 Å². The molecule has 0 bridgehead atoms. The third kappa shape index (κ3) is 4.43. The monoisotopic (exact) mass is 537 g/mol. The largest absolute Gasteiger partial charge is 0.455 e. The SMILES string of the molecule is Cc1c(C(=O)N2c3ccc(F)cc3CCC2C)oc2c1/C(=N/NC(=O)c1ccc(Br)cc1)CCC2. The Hall–Kier alpha value is -3.26. The summed E-state index contributed by atoms with van der Waals surface area (Å²) in [6.07, 6.45) is 3.64. The molecule has 0 saturated carbocycles. The Bertz CT molecular complexity index is 1350. The molecule has 35 heavy (non-hydrogen) atoms. The van der Waals surface area contributed by atoms with Crippen LogP contribution in [-0.4, -0.2) is 23.6 Å². The molecule has 5 rings (SSSR count). The van der Waals surface area contributed by atoms with Gasteiger partial charge in [-0.2, -0.15) is 5.10 Å². The van der Waals surface area contributed by atoms with E-state index >= 15 is 0 Å². The lowest BCUT2D eigenvalue weighted by Crippen LogP contribution is -2.42. The van der Waals surface area contributed by atoms with Gasteiger partial charge in [0.05, 0.1) is 5.71 Å². The maximum absolute atomic E-state index is 13.8. The number of aryl methyl sites for hydroxylation is 2. The Balaban J connectivity index is 1.45. The number of rotatable bonds is 3. The molecule has 0 fully saturated rings. The first kappa shape index (κ1) is 23.5. The molecule has 0 saturated heterocycles. The molecule has 3 aromatic rings. The van der Waals surface area contributed by atoms with E-state index in [0.717, 1.165) is 40.5 Å². The lowest BCUT2D eigenvalue weighted by Gasteiger charge is -2.34. The first-order valence-electron chi connectivity index (χ1n) is 11.7. The molecule has 2 aromatic carbocycles. The lowest BCUT2D eigenvalue weighted by atomic mass is 9.92. The topological polar surface area (TPSA) is 74.9 Å². The number of benzene rings is 2. The standard InChI is InChI=1S/C27H25BrFN3O3/c1-15-6-7-18-14-20(29)12-13-22(18)32(15)27(34)25-16(2)24-21(4-3-5-23(24)35-25)30-31-26(33)17-8-10-19(28)11-9-17/h8-15H,3-7H2,1-2H3,(H,31,33)/b30-21+. The quantitative estimate of drug-likeness (QED) is 0.420. The van der Waals surface area contributed by atoms with Gasteiger partial charge in [0, 0.05) is 39.3 Å². The van der Waals surface area contributed by atoms with E-state index in [-0.39, 0.29) is 29.4 Å². The van der Waals surface area contributed by atoms with E-state index in [1.54, 1.807) is 35.2 Å². The third-order valence-corrected chi connectivity index (χ3v) is 7.24. The highest BCUT2D eigenvalue weighted by Crippen LogP contribution is 2.36. The Kier molecular flexibility index (Phi) is 6.32. The van der Waals surface area contributed by atoms with Crippen molar-refractivity contribution in [1.29, 1.82) is 0 Å². The third-order valence-electron chi connectivity index (χ3n) is 6.71. The number of furan rings is 1. The summed E-state index contributed by atoms with van der Waals surface area (Å²) in [5.41, 5.74) is 6.89. The van der Waals surface area contributed by atoms with E-state index in [9.17, 15) is 14.0 Å². The van der Waals surface area contributed by atoms with Gasteiger partial charge in [0.2, 0.25) is 0 Å². The van der Waals surface area contributed by atoms with Crippen LogP contribution in [0.2, 0.25) is 0 Å². The smallest absolute Gasteiger partial charge is 0.294 e. The van der Waals surface area contributed by atoms with Crippen LogP contribution in [0.4, 0.5) is 10.1 Å². The highest BCUT2D eigenvalue weighted by atomic mass is 79.9. The molecular formula is C27H25BrFN3O3. The van der Waals surface area contributed by atoms with Gasteiger partial charge in [0.1, 0.15) is 11.6 Å². The molecule has 6 nitrogen and oxygen atoms in total. The van der Waals surface area contributed by atoms with Gasteiger partial charge in [-0.05, 0) is 87.6 Å². The predicted octanol–water partition coefficient (Wildman–Crippen LogP) is 5.94. The zero-order valence-electron chi connectivity index (χ0n) is 19.5. The van der Waals surface area contributed by atoms with Gasteiger partial charge in [-0.1, -0.05) is 15.9 Å². The van der Waals surface area contributed by atoms with Gasteiger partial charge in [0.25, 0.3) is 11.8 Å². The summed E-state index contributed by atoms with van der Waals surface area (Å²) in [6, 6.07) is 11.5. The van der Waals surface area contributed by atoms with Crippen LogP contribution in [0.1, 0.15) is 69.5 Å². The Morgan fingerprint density at radius 2 is 1.91 bits per heavy atom. The summed E-state index contributed by atoms with van der Waals surface area (Å²) in [5, 5.41) is 4.41. The number of hydrogen-bond acceptors (Lipinski definition) is 4. The fraction of sp³-hybridized carbons (Fsp3) is 0.296. The van der Waals surface area contributed by atoms with Crippen molar-refractivity contribution in [3.05, 3.63) is 86.5 Å². The number of carbonyl (C=O) groups excluding carboxylic acids is 2. The molecule has 180 valence electrons. The second-order valence-corrected chi connectivity index (χ2v) is 9.97. The maximum Gasteiger partial charge on any atom is 0.294 e. The molecule has 1 unspecified atom stereocenters. The predicted molar refractivity (Wildman–Crippen MR) is 136 cm³/mol. The molecule has 8 heteroatoms. The van der Waals surface area contributed by atoms with Gasteiger partial charge >= 0.3 is 0 Å².